The van der Waals surface area contributed by atoms with Gasteiger partial charge in [-0.05, 0) is 47.4 Å². The number of aromatic hydroxyl groups is 1. The van der Waals surface area contributed by atoms with E-state index in [1.54, 1.807) is 69.5 Å². The third kappa shape index (κ3) is 7.42. The number of rotatable bonds is 10. The maximum absolute atomic E-state index is 13.6. The SMILES string of the molecule is COc1ccc(CC(=O)N[C@H](C(=O)N[C@H]2c3cc(O)ccc3NC(=O)[C@@H]2OC(=O)Cc2ccccc2)C(C)C)cc1. The number of fused-ring (bicyclic) bond motifs is 1. The quantitative estimate of drug-likeness (QED) is 0.221. The van der Waals surface area contributed by atoms with Crippen LogP contribution in [0.25, 0.3) is 0 Å². The standard InChI is InChI=1S/C31H33N3O7/c1-18(2)27(33-25(36)15-20-9-12-22(40-3)13-10-20)30(38)34-28-23-17-21(35)11-14-24(23)32-31(39)29(28)41-26(37)16-19-7-5-4-6-8-19/h4-14,17-18,27-29,35H,15-16H2,1-3H3,(H,32,39)(H,33,36)(H,34,38)/t27-,28-,29+/m0/s1. The van der Waals surface area contributed by atoms with E-state index >= 15 is 0 Å². The lowest BCUT2D eigenvalue weighted by Gasteiger charge is -2.34. The van der Waals surface area contributed by atoms with Crippen LogP contribution >= 0.6 is 0 Å². The van der Waals surface area contributed by atoms with Gasteiger partial charge >= 0.3 is 5.97 Å². The molecule has 0 radical (unpaired) electrons. The molecule has 3 aromatic rings. The molecule has 0 unspecified atom stereocenters. The Kier molecular flexibility index (Phi) is 9.23. The molecule has 0 saturated carbocycles. The predicted molar refractivity (Wildman–Crippen MR) is 151 cm³/mol. The van der Waals surface area contributed by atoms with Crippen molar-refractivity contribution >= 4 is 29.4 Å². The van der Waals surface area contributed by atoms with Gasteiger partial charge in [0.25, 0.3) is 5.91 Å². The first-order valence-corrected chi connectivity index (χ1v) is 13.2. The number of ether oxygens (including phenoxy) is 2. The van der Waals surface area contributed by atoms with Gasteiger partial charge in [0.1, 0.15) is 23.6 Å². The van der Waals surface area contributed by atoms with Crippen LogP contribution in [0.4, 0.5) is 5.69 Å². The molecule has 3 amide bonds. The molecule has 0 bridgehead atoms. The number of carbonyl (C=O) groups is 4. The molecule has 10 nitrogen and oxygen atoms in total. The number of esters is 1. The number of benzene rings is 3. The first-order valence-electron chi connectivity index (χ1n) is 13.2. The van der Waals surface area contributed by atoms with Crippen LogP contribution in [-0.4, -0.2) is 48.1 Å². The van der Waals surface area contributed by atoms with Crippen molar-refractivity contribution in [3.63, 3.8) is 0 Å². The van der Waals surface area contributed by atoms with Crippen LogP contribution in [0, 0.1) is 5.92 Å². The highest BCUT2D eigenvalue weighted by Crippen LogP contribution is 2.35. The van der Waals surface area contributed by atoms with Crippen LogP contribution in [0.3, 0.4) is 0 Å². The fourth-order valence-electron chi connectivity index (χ4n) is 4.59. The molecule has 4 rings (SSSR count). The van der Waals surface area contributed by atoms with Crippen LogP contribution in [0.15, 0.2) is 72.8 Å². The molecular formula is C31H33N3O7. The summed E-state index contributed by atoms with van der Waals surface area (Å²) in [6.45, 7) is 3.56. The Hall–Kier alpha value is -4.86. The summed E-state index contributed by atoms with van der Waals surface area (Å²) in [7, 11) is 1.55. The minimum Gasteiger partial charge on any atom is -0.508 e. The smallest absolute Gasteiger partial charge is 0.311 e. The Morgan fingerprint density at radius 2 is 1.63 bits per heavy atom. The third-order valence-electron chi connectivity index (χ3n) is 6.73. The van der Waals surface area contributed by atoms with Gasteiger partial charge < -0.3 is 30.5 Å². The zero-order chi connectivity index (χ0) is 29.5. The summed E-state index contributed by atoms with van der Waals surface area (Å²) in [6, 6.07) is 18.2. The van der Waals surface area contributed by atoms with E-state index in [4.69, 9.17) is 9.47 Å². The van der Waals surface area contributed by atoms with E-state index in [0.29, 0.717) is 22.6 Å². The van der Waals surface area contributed by atoms with Crippen LogP contribution in [0.2, 0.25) is 0 Å². The molecule has 0 aromatic heterocycles. The summed E-state index contributed by atoms with van der Waals surface area (Å²) in [6.07, 6.45) is -1.44. The molecule has 214 valence electrons. The minimum absolute atomic E-state index is 0.0444. The van der Waals surface area contributed by atoms with Crippen molar-refractivity contribution in [2.45, 2.75) is 44.9 Å². The molecule has 3 aromatic carbocycles. The summed E-state index contributed by atoms with van der Waals surface area (Å²) < 4.78 is 10.7. The number of amides is 3. The first kappa shape index (κ1) is 29.1. The number of nitrogens with one attached hydrogen (secondary N) is 3. The number of methoxy groups -OCH3 is 1. The Balaban J connectivity index is 1.53. The van der Waals surface area contributed by atoms with Crippen molar-refractivity contribution in [1.82, 2.24) is 10.6 Å². The van der Waals surface area contributed by atoms with E-state index in [1.807, 2.05) is 6.07 Å². The lowest BCUT2D eigenvalue weighted by atomic mass is 9.93. The van der Waals surface area contributed by atoms with Crippen molar-refractivity contribution in [2.75, 3.05) is 12.4 Å². The molecule has 1 aliphatic rings. The Morgan fingerprint density at radius 1 is 0.951 bits per heavy atom. The second-order valence-corrected chi connectivity index (χ2v) is 10.1. The average molecular weight is 560 g/mol. The van der Waals surface area contributed by atoms with E-state index in [1.165, 1.54) is 18.2 Å². The van der Waals surface area contributed by atoms with Gasteiger partial charge in [0.05, 0.1) is 20.0 Å². The number of phenolic OH excluding ortho intramolecular Hbond substituents is 1. The van der Waals surface area contributed by atoms with Gasteiger partial charge in [-0.15, -0.1) is 0 Å². The summed E-state index contributed by atoms with van der Waals surface area (Å²) in [4.78, 5) is 52.3. The molecule has 41 heavy (non-hydrogen) atoms. The van der Waals surface area contributed by atoms with E-state index in [9.17, 15) is 24.3 Å². The van der Waals surface area contributed by atoms with Gasteiger partial charge in [-0.3, -0.25) is 19.2 Å². The van der Waals surface area contributed by atoms with Crippen LogP contribution in [0.1, 0.15) is 36.6 Å². The molecule has 10 heteroatoms. The summed E-state index contributed by atoms with van der Waals surface area (Å²) in [5.41, 5.74) is 2.16. The van der Waals surface area contributed by atoms with Crippen molar-refractivity contribution < 1.29 is 33.8 Å². The van der Waals surface area contributed by atoms with Gasteiger partial charge in [-0.25, -0.2) is 0 Å². The van der Waals surface area contributed by atoms with Crippen molar-refractivity contribution in [2.24, 2.45) is 5.92 Å². The van der Waals surface area contributed by atoms with Crippen LogP contribution in [0.5, 0.6) is 11.5 Å². The number of carbonyl (C=O) groups excluding carboxylic acids is 4. The fourth-order valence-corrected chi connectivity index (χ4v) is 4.59. The zero-order valence-corrected chi connectivity index (χ0v) is 23.0. The molecule has 3 atom stereocenters. The predicted octanol–water partition coefficient (Wildman–Crippen LogP) is 3.05. The maximum Gasteiger partial charge on any atom is 0.311 e. The molecule has 0 fully saturated rings. The van der Waals surface area contributed by atoms with Gasteiger partial charge in [0, 0.05) is 11.3 Å². The summed E-state index contributed by atoms with van der Waals surface area (Å²) >= 11 is 0. The fraction of sp³-hybridized carbons (Fsp3) is 0.290. The highest BCUT2D eigenvalue weighted by Gasteiger charge is 2.41. The molecular weight excluding hydrogens is 526 g/mol. The molecule has 0 spiro atoms. The molecule has 0 saturated heterocycles. The van der Waals surface area contributed by atoms with Crippen molar-refractivity contribution in [3.05, 3.63) is 89.5 Å². The van der Waals surface area contributed by atoms with Gasteiger partial charge in [-0.1, -0.05) is 56.3 Å². The number of anilines is 1. The van der Waals surface area contributed by atoms with Gasteiger partial charge in [0.2, 0.25) is 17.9 Å². The lowest BCUT2D eigenvalue weighted by molar-refractivity contribution is -0.156. The zero-order valence-electron chi connectivity index (χ0n) is 23.0. The Morgan fingerprint density at radius 3 is 2.29 bits per heavy atom. The first-order chi connectivity index (χ1) is 19.6. The Bertz CT molecular complexity index is 1410. The van der Waals surface area contributed by atoms with Crippen LogP contribution < -0.4 is 20.7 Å². The van der Waals surface area contributed by atoms with Crippen LogP contribution in [-0.2, 0) is 36.8 Å². The van der Waals surface area contributed by atoms with Gasteiger partial charge in [0.15, 0.2) is 0 Å². The highest BCUT2D eigenvalue weighted by atomic mass is 16.5. The number of phenols is 1. The third-order valence-corrected chi connectivity index (χ3v) is 6.73. The number of hydrogen-bond donors (Lipinski definition) is 4. The largest absolute Gasteiger partial charge is 0.508 e. The van der Waals surface area contributed by atoms with Gasteiger partial charge in [-0.2, -0.15) is 0 Å². The van der Waals surface area contributed by atoms with E-state index in [2.05, 4.69) is 16.0 Å². The monoisotopic (exact) mass is 559 g/mol. The molecule has 0 aliphatic carbocycles. The van der Waals surface area contributed by atoms with E-state index in [-0.39, 0.29) is 30.4 Å². The summed E-state index contributed by atoms with van der Waals surface area (Å²) in [5, 5.41) is 18.4. The Labute approximate surface area is 238 Å². The average Bonchev–Trinajstić information content (AvgIpc) is 2.94. The second-order valence-electron chi connectivity index (χ2n) is 10.1. The van der Waals surface area contributed by atoms with E-state index in [0.717, 1.165) is 5.56 Å². The topological polar surface area (TPSA) is 143 Å². The summed E-state index contributed by atoms with van der Waals surface area (Å²) in [5.74, 6) is -1.96. The second kappa shape index (κ2) is 13.0. The van der Waals surface area contributed by atoms with Crippen molar-refractivity contribution in [1.29, 1.82) is 0 Å². The molecule has 4 N–H and O–H groups in total. The molecule has 1 heterocycles. The lowest BCUT2D eigenvalue weighted by Crippen LogP contribution is -2.55. The molecule has 1 aliphatic heterocycles. The van der Waals surface area contributed by atoms with Crippen molar-refractivity contribution in [3.8, 4) is 11.5 Å². The maximum atomic E-state index is 13.6. The normalized spacial score (nSPS) is 16.6. The minimum atomic E-state index is -1.41. The number of hydrogen-bond acceptors (Lipinski definition) is 7. The highest BCUT2D eigenvalue weighted by molar-refractivity contribution is 6.00. The van der Waals surface area contributed by atoms with E-state index < -0.39 is 36.0 Å².